The van der Waals surface area contributed by atoms with E-state index in [0.717, 1.165) is 5.52 Å². The minimum Gasteiger partial charge on any atom is -0.481 e. The molecule has 7 nitrogen and oxygen atoms in total. The van der Waals surface area contributed by atoms with Crippen LogP contribution >= 0.6 is 0 Å². The van der Waals surface area contributed by atoms with Crippen molar-refractivity contribution in [2.24, 2.45) is 13.0 Å². The van der Waals surface area contributed by atoms with Crippen LogP contribution in [0.25, 0.3) is 11.0 Å². The molecule has 0 atom stereocenters. The van der Waals surface area contributed by atoms with E-state index in [0.29, 0.717) is 23.9 Å². The van der Waals surface area contributed by atoms with Crippen molar-refractivity contribution in [2.75, 3.05) is 0 Å². The van der Waals surface area contributed by atoms with Crippen LogP contribution in [0.3, 0.4) is 0 Å². The molecule has 1 heterocycles. The Morgan fingerprint density at radius 2 is 2.15 bits per heavy atom. The van der Waals surface area contributed by atoms with Crippen molar-refractivity contribution >= 4 is 22.9 Å². The molecule has 0 bridgehead atoms. The number of rotatable bonds is 3. The van der Waals surface area contributed by atoms with E-state index in [1.807, 2.05) is 0 Å². The van der Waals surface area contributed by atoms with Gasteiger partial charge < -0.3 is 10.4 Å². The quantitative estimate of drug-likeness (QED) is 0.852. The molecule has 2 N–H and O–H groups in total. The van der Waals surface area contributed by atoms with Gasteiger partial charge in [0.1, 0.15) is 5.52 Å². The van der Waals surface area contributed by atoms with E-state index in [9.17, 15) is 9.59 Å². The summed E-state index contributed by atoms with van der Waals surface area (Å²) in [6.45, 7) is 0. The van der Waals surface area contributed by atoms with Gasteiger partial charge in [-0.15, -0.1) is 5.10 Å². The van der Waals surface area contributed by atoms with Gasteiger partial charge in [-0.1, -0.05) is 5.21 Å². The smallest absolute Gasteiger partial charge is 0.306 e. The number of fused-ring (bicyclic) bond motifs is 1. The first-order chi connectivity index (χ1) is 9.54. The molecule has 0 aliphatic heterocycles. The van der Waals surface area contributed by atoms with Crippen LogP contribution in [0.5, 0.6) is 0 Å². The number of carboxylic acid groups (broad SMARTS) is 1. The number of amides is 1. The molecule has 7 heteroatoms. The molecule has 1 saturated carbocycles. The Kier molecular flexibility index (Phi) is 2.89. The highest BCUT2D eigenvalue weighted by molar-refractivity contribution is 5.97. The number of benzene rings is 1. The van der Waals surface area contributed by atoms with Crippen LogP contribution in [0.4, 0.5) is 0 Å². The molecule has 1 aromatic carbocycles. The molecule has 1 fully saturated rings. The Bertz CT molecular complexity index is 688. The number of carbonyl (C=O) groups excluding carboxylic acids is 1. The van der Waals surface area contributed by atoms with Gasteiger partial charge in [-0.05, 0) is 31.0 Å². The number of carboxylic acids is 1. The highest BCUT2D eigenvalue weighted by atomic mass is 16.4. The number of hydrogen-bond acceptors (Lipinski definition) is 4. The Balaban J connectivity index is 1.69. The van der Waals surface area contributed by atoms with Crippen LogP contribution in [0.1, 0.15) is 23.2 Å². The van der Waals surface area contributed by atoms with Gasteiger partial charge in [-0.3, -0.25) is 9.59 Å². The molecule has 2 aromatic rings. The summed E-state index contributed by atoms with van der Waals surface area (Å²) in [5.41, 5.74) is 2.03. The summed E-state index contributed by atoms with van der Waals surface area (Å²) in [5.74, 6) is -1.33. The second kappa shape index (κ2) is 4.59. The summed E-state index contributed by atoms with van der Waals surface area (Å²) in [7, 11) is 1.79. The van der Waals surface area contributed by atoms with Gasteiger partial charge in [0.2, 0.25) is 0 Å². The monoisotopic (exact) mass is 274 g/mol. The lowest BCUT2D eigenvalue weighted by molar-refractivity contribution is -0.145. The molecule has 1 aromatic heterocycles. The fourth-order valence-electron chi connectivity index (χ4n) is 2.39. The third-order valence-corrected chi connectivity index (χ3v) is 3.70. The Morgan fingerprint density at radius 1 is 1.40 bits per heavy atom. The maximum Gasteiger partial charge on any atom is 0.306 e. The number of nitrogens with zero attached hydrogens (tertiary/aromatic N) is 3. The maximum absolute atomic E-state index is 12.1. The zero-order valence-electron chi connectivity index (χ0n) is 10.9. The lowest BCUT2D eigenvalue weighted by Gasteiger charge is -2.32. The minimum atomic E-state index is -0.795. The maximum atomic E-state index is 12.1. The SMILES string of the molecule is Cn1nnc2cc(C(=O)NC3CC(C(=O)O)C3)ccc21. The highest BCUT2D eigenvalue weighted by Gasteiger charge is 2.35. The Hall–Kier alpha value is -2.44. The van der Waals surface area contributed by atoms with Crippen LogP contribution in [0, 0.1) is 5.92 Å². The first-order valence-corrected chi connectivity index (χ1v) is 6.37. The van der Waals surface area contributed by atoms with Gasteiger partial charge >= 0.3 is 5.97 Å². The van der Waals surface area contributed by atoms with Gasteiger partial charge in [0.15, 0.2) is 0 Å². The second-order valence-corrected chi connectivity index (χ2v) is 5.09. The molecule has 1 amide bonds. The van der Waals surface area contributed by atoms with Gasteiger partial charge in [0.05, 0.1) is 11.4 Å². The predicted octanol–water partition coefficient (Wildman–Crippen LogP) is 0.561. The summed E-state index contributed by atoms with van der Waals surface area (Å²) in [6.07, 6.45) is 0.989. The van der Waals surface area contributed by atoms with Crippen molar-refractivity contribution < 1.29 is 14.7 Å². The van der Waals surface area contributed by atoms with E-state index in [2.05, 4.69) is 15.6 Å². The Morgan fingerprint density at radius 3 is 2.85 bits per heavy atom. The average Bonchev–Trinajstić information content (AvgIpc) is 2.74. The molecule has 0 unspecified atom stereocenters. The number of aromatic nitrogens is 3. The molecular formula is C13H14N4O3. The van der Waals surface area contributed by atoms with Crippen LogP contribution in [0.2, 0.25) is 0 Å². The molecule has 0 spiro atoms. The van der Waals surface area contributed by atoms with E-state index in [1.165, 1.54) is 0 Å². The fraction of sp³-hybridized carbons (Fsp3) is 0.385. The largest absolute Gasteiger partial charge is 0.481 e. The third kappa shape index (κ3) is 2.11. The van der Waals surface area contributed by atoms with Crippen LogP contribution in [-0.4, -0.2) is 38.0 Å². The van der Waals surface area contributed by atoms with E-state index in [1.54, 1.807) is 29.9 Å². The summed E-state index contributed by atoms with van der Waals surface area (Å²) in [5, 5.41) is 19.5. The van der Waals surface area contributed by atoms with Gasteiger partial charge in [0.25, 0.3) is 5.91 Å². The number of aryl methyl sites for hydroxylation is 1. The first kappa shape index (κ1) is 12.6. The lowest BCUT2D eigenvalue weighted by atomic mass is 9.80. The molecule has 3 rings (SSSR count). The van der Waals surface area contributed by atoms with Gasteiger partial charge in [-0.25, -0.2) is 4.68 Å². The number of nitrogens with one attached hydrogen (secondary N) is 1. The number of aliphatic carboxylic acids is 1. The van der Waals surface area contributed by atoms with Crippen molar-refractivity contribution in [1.82, 2.24) is 20.3 Å². The van der Waals surface area contributed by atoms with Crippen LogP contribution in [-0.2, 0) is 11.8 Å². The third-order valence-electron chi connectivity index (χ3n) is 3.70. The van der Waals surface area contributed by atoms with Crippen molar-refractivity contribution in [1.29, 1.82) is 0 Å². The fourth-order valence-corrected chi connectivity index (χ4v) is 2.39. The summed E-state index contributed by atoms with van der Waals surface area (Å²) >= 11 is 0. The molecule has 0 radical (unpaired) electrons. The van der Waals surface area contributed by atoms with Crippen LogP contribution < -0.4 is 5.32 Å². The van der Waals surface area contributed by atoms with Gasteiger partial charge in [-0.2, -0.15) is 0 Å². The number of carbonyl (C=O) groups is 2. The summed E-state index contributed by atoms with van der Waals surface area (Å²) < 4.78 is 1.64. The van der Waals surface area contributed by atoms with E-state index >= 15 is 0 Å². The zero-order chi connectivity index (χ0) is 14.3. The normalized spacial score (nSPS) is 21.4. The van der Waals surface area contributed by atoms with E-state index < -0.39 is 5.97 Å². The molecular weight excluding hydrogens is 260 g/mol. The van der Waals surface area contributed by atoms with Crippen molar-refractivity contribution in [3.63, 3.8) is 0 Å². The lowest BCUT2D eigenvalue weighted by Crippen LogP contribution is -2.46. The predicted molar refractivity (Wildman–Crippen MR) is 70.1 cm³/mol. The first-order valence-electron chi connectivity index (χ1n) is 6.37. The van der Waals surface area contributed by atoms with Crippen molar-refractivity contribution in [3.05, 3.63) is 23.8 Å². The second-order valence-electron chi connectivity index (χ2n) is 5.09. The number of hydrogen-bond donors (Lipinski definition) is 2. The zero-order valence-corrected chi connectivity index (χ0v) is 10.9. The van der Waals surface area contributed by atoms with Crippen molar-refractivity contribution in [2.45, 2.75) is 18.9 Å². The molecule has 104 valence electrons. The van der Waals surface area contributed by atoms with E-state index in [4.69, 9.17) is 5.11 Å². The summed E-state index contributed by atoms with van der Waals surface area (Å²) in [4.78, 5) is 22.8. The Labute approximate surface area is 114 Å². The van der Waals surface area contributed by atoms with Crippen LogP contribution in [0.15, 0.2) is 18.2 Å². The molecule has 20 heavy (non-hydrogen) atoms. The van der Waals surface area contributed by atoms with E-state index in [-0.39, 0.29) is 17.9 Å². The minimum absolute atomic E-state index is 0.0545. The van der Waals surface area contributed by atoms with Gasteiger partial charge in [0, 0.05) is 18.7 Å². The topological polar surface area (TPSA) is 97.1 Å². The molecule has 1 aliphatic carbocycles. The molecule has 1 aliphatic rings. The standard InChI is InChI=1S/C13H14N4O3/c1-17-11-3-2-7(6-10(11)15-16-17)12(18)14-9-4-8(5-9)13(19)20/h2-3,6,8-9H,4-5H2,1H3,(H,14,18)(H,19,20). The van der Waals surface area contributed by atoms with Crippen molar-refractivity contribution in [3.8, 4) is 0 Å². The molecule has 0 saturated heterocycles. The summed E-state index contributed by atoms with van der Waals surface area (Å²) in [6, 6.07) is 5.14. The highest BCUT2D eigenvalue weighted by Crippen LogP contribution is 2.27. The average molecular weight is 274 g/mol.